The number of hydrogen-bond donors (Lipinski definition) is 2. The molecule has 0 saturated heterocycles. The van der Waals surface area contributed by atoms with E-state index in [9.17, 15) is 10.1 Å². The van der Waals surface area contributed by atoms with Crippen molar-refractivity contribution in [2.75, 3.05) is 31.2 Å². The molecule has 0 aliphatic carbocycles. The molecule has 2 N–H and O–H groups in total. The fourth-order valence-electron chi connectivity index (χ4n) is 3.33. The number of benzene rings is 3. The molecule has 0 atom stereocenters. The summed E-state index contributed by atoms with van der Waals surface area (Å²) in [5.74, 6) is 0. The van der Waals surface area contributed by atoms with E-state index < -0.39 is 0 Å². The number of aryl methyl sites for hydroxylation is 1. The lowest BCUT2D eigenvalue weighted by atomic mass is 10.0. The molecule has 3 aromatic carbocycles. The van der Waals surface area contributed by atoms with Gasteiger partial charge in [0.2, 0.25) is 0 Å². The van der Waals surface area contributed by atoms with E-state index in [2.05, 4.69) is 10.2 Å². The van der Waals surface area contributed by atoms with Crippen molar-refractivity contribution < 1.29 is 15.1 Å². The number of nitrogens with zero attached hydrogens (tertiary/aromatic N) is 4. The van der Waals surface area contributed by atoms with Gasteiger partial charge in [-0.3, -0.25) is 10.1 Å². The van der Waals surface area contributed by atoms with E-state index in [-0.39, 0.29) is 23.8 Å². The number of nitro benzene ring substituents is 1. The van der Waals surface area contributed by atoms with Gasteiger partial charge >= 0.3 is 0 Å². The van der Waals surface area contributed by atoms with Crippen molar-refractivity contribution in [1.29, 1.82) is 0 Å². The second-order valence-corrected chi connectivity index (χ2v) is 7.34. The van der Waals surface area contributed by atoms with Gasteiger partial charge in [-0.05, 0) is 60.5 Å². The minimum Gasteiger partial charge on any atom is -0.395 e. The lowest BCUT2D eigenvalue weighted by molar-refractivity contribution is -0.385. The third-order valence-corrected chi connectivity index (χ3v) is 5.07. The van der Waals surface area contributed by atoms with Gasteiger partial charge in [0.15, 0.2) is 0 Å². The summed E-state index contributed by atoms with van der Waals surface area (Å²) in [7, 11) is 0. The van der Waals surface area contributed by atoms with Crippen molar-refractivity contribution >= 4 is 34.9 Å². The maximum absolute atomic E-state index is 11.3. The topological polar surface area (TPSA) is 112 Å². The average molecular weight is 447 g/mol. The second-order valence-electron chi connectivity index (χ2n) is 7.34. The van der Waals surface area contributed by atoms with Crippen LogP contribution in [0.25, 0.3) is 12.2 Å². The predicted molar refractivity (Wildman–Crippen MR) is 130 cm³/mol. The molecule has 33 heavy (non-hydrogen) atoms. The maximum atomic E-state index is 11.3. The summed E-state index contributed by atoms with van der Waals surface area (Å²) in [4.78, 5) is 12.8. The van der Waals surface area contributed by atoms with Crippen LogP contribution in [0.15, 0.2) is 77.0 Å². The highest BCUT2D eigenvalue weighted by molar-refractivity contribution is 5.76. The third kappa shape index (κ3) is 6.55. The van der Waals surface area contributed by atoms with Crippen molar-refractivity contribution in [1.82, 2.24) is 0 Å². The molecule has 0 radical (unpaired) electrons. The van der Waals surface area contributed by atoms with Crippen molar-refractivity contribution in [2.45, 2.75) is 6.92 Å². The molecule has 3 rings (SSSR count). The number of rotatable bonds is 10. The summed E-state index contributed by atoms with van der Waals surface area (Å²) in [6.45, 7) is 2.75. The Labute approximate surface area is 192 Å². The second kappa shape index (κ2) is 11.7. The number of azo groups is 1. The molecular weight excluding hydrogens is 420 g/mol. The van der Waals surface area contributed by atoms with E-state index in [0.29, 0.717) is 30.0 Å². The van der Waals surface area contributed by atoms with Crippen molar-refractivity contribution in [3.63, 3.8) is 0 Å². The fraction of sp³-hybridized carbons (Fsp3) is 0.200. The number of aliphatic hydroxyl groups is 2. The Balaban J connectivity index is 1.68. The van der Waals surface area contributed by atoms with Crippen LogP contribution in [0.2, 0.25) is 0 Å². The Bertz CT molecular complexity index is 1120. The number of aliphatic hydroxyl groups excluding tert-OH is 2. The van der Waals surface area contributed by atoms with Crippen molar-refractivity contribution in [2.24, 2.45) is 10.2 Å². The monoisotopic (exact) mass is 446 g/mol. The number of nitro groups is 1. The highest BCUT2D eigenvalue weighted by Crippen LogP contribution is 2.25. The average Bonchev–Trinajstić information content (AvgIpc) is 2.82. The quantitative estimate of drug-likeness (QED) is 0.190. The first-order chi connectivity index (χ1) is 16.0. The summed E-state index contributed by atoms with van der Waals surface area (Å²) in [5.41, 5.74) is 4.66. The molecule has 0 aromatic heterocycles. The van der Waals surface area contributed by atoms with Crippen LogP contribution in [0.3, 0.4) is 0 Å². The van der Waals surface area contributed by atoms with Crippen LogP contribution < -0.4 is 4.90 Å². The summed E-state index contributed by atoms with van der Waals surface area (Å²) in [6, 6.07) is 19.8. The first-order valence-corrected chi connectivity index (χ1v) is 10.5. The lowest BCUT2D eigenvalue weighted by Crippen LogP contribution is -2.29. The highest BCUT2D eigenvalue weighted by Gasteiger charge is 2.12. The zero-order chi connectivity index (χ0) is 23.6. The molecule has 3 aromatic rings. The number of anilines is 1. The summed E-state index contributed by atoms with van der Waals surface area (Å²) < 4.78 is 0. The molecule has 0 heterocycles. The zero-order valence-electron chi connectivity index (χ0n) is 18.3. The van der Waals surface area contributed by atoms with E-state index in [4.69, 9.17) is 10.2 Å². The van der Waals surface area contributed by atoms with Gasteiger partial charge in [0, 0.05) is 24.8 Å². The molecule has 0 aliphatic rings. The largest absolute Gasteiger partial charge is 0.395 e. The van der Waals surface area contributed by atoms with Crippen LogP contribution >= 0.6 is 0 Å². The Hall–Kier alpha value is -3.88. The minimum atomic E-state index is -0.376. The fourth-order valence-corrected chi connectivity index (χ4v) is 3.33. The summed E-state index contributed by atoms with van der Waals surface area (Å²) in [6.07, 6.45) is 3.59. The van der Waals surface area contributed by atoms with Gasteiger partial charge in [-0.1, -0.05) is 30.3 Å². The van der Waals surface area contributed by atoms with Gasteiger partial charge in [0.05, 0.1) is 35.1 Å². The van der Waals surface area contributed by atoms with Gasteiger partial charge in [0.1, 0.15) is 0 Å². The van der Waals surface area contributed by atoms with Gasteiger partial charge in [-0.2, -0.15) is 10.2 Å². The van der Waals surface area contributed by atoms with Crippen molar-refractivity contribution in [3.05, 3.63) is 93.5 Å². The molecule has 8 nitrogen and oxygen atoms in total. The highest BCUT2D eigenvalue weighted by atomic mass is 16.6. The standard InChI is InChI=1S/C25H26N4O4/c1-19-3-2-4-25(29(32)33)24(19)14-7-20-5-8-21(9-6-20)26-27-22-10-12-23(13-11-22)28(15-17-30)16-18-31/h2-14,30-31H,15-18H2,1H3/b14-7+,27-26?. The van der Waals surface area contributed by atoms with E-state index in [0.717, 1.165) is 16.8 Å². The predicted octanol–water partition coefficient (Wildman–Crippen LogP) is 5.28. The van der Waals surface area contributed by atoms with Crippen LogP contribution in [0.1, 0.15) is 16.7 Å². The van der Waals surface area contributed by atoms with Gasteiger partial charge in [-0.15, -0.1) is 0 Å². The summed E-state index contributed by atoms with van der Waals surface area (Å²) >= 11 is 0. The van der Waals surface area contributed by atoms with Crippen LogP contribution in [0, 0.1) is 17.0 Å². The molecule has 0 spiro atoms. The molecule has 0 unspecified atom stereocenters. The van der Waals surface area contributed by atoms with Gasteiger partial charge in [0.25, 0.3) is 5.69 Å². The first kappa shape index (κ1) is 23.8. The number of hydrogen-bond acceptors (Lipinski definition) is 7. The SMILES string of the molecule is Cc1cccc([N+](=O)[O-])c1/C=C/c1ccc(N=Nc2ccc(N(CCO)CCO)cc2)cc1. The molecule has 170 valence electrons. The van der Waals surface area contributed by atoms with E-state index in [1.807, 2.05) is 72.5 Å². The first-order valence-electron chi connectivity index (χ1n) is 10.5. The Morgan fingerprint density at radius 3 is 2.00 bits per heavy atom. The normalized spacial score (nSPS) is 11.4. The molecule has 0 amide bonds. The van der Waals surface area contributed by atoms with Gasteiger partial charge in [-0.25, -0.2) is 0 Å². The van der Waals surface area contributed by atoms with Crippen molar-refractivity contribution in [3.8, 4) is 0 Å². The third-order valence-electron chi connectivity index (χ3n) is 5.07. The Morgan fingerprint density at radius 1 is 0.879 bits per heavy atom. The molecule has 0 aliphatic heterocycles. The smallest absolute Gasteiger partial charge is 0.276 e. The Kier molecular flexibility index (Phi) is 8.40. The minimum absolute atomic E-state index is 0.00842. The maximum Gasteiger partial charge on any atom is 0.276 e. The molecule has 0 saturated carbocycles. The Morgan fingerprint density at radius 2 is 1.45 bits per heavy atom. The summed E-state index contributed by atoms with van der Waals surface area (Å²) in [5, 5.41) is 38.1. The zero-order valence-corrected chi connectivity index (χ0v) is 18.3. The molecule has 0 bridgehead atoms. The van der Waals surface area contributed by atoms with Gasteiger partial charge < -0.3 is 15.1 Å². The van der Waals surface area contributed by atoms with Crippen LogP contribution in [-0.2, 0) is 0 Å². The molecule has 8 heteroatoms. The molecular formula is C25H26N4O4. The van der Waals surface area contributed by atoms with E-state index >= 15 is 0 Å². The van der Waals surface area contributed by atoms with Crippen LogP contribution in [0.4, 0.5) is 22.7 Å². The van der Waals surface area contributed by atoms with Crippen LogP contribution in [-0.4, -0.2) is 41.4 Å². The molecule has 0 fully saturated rings. The van der Waals surface area contributed by atoms with Crippen LogP contribution in [0.5, 0.6) is 0 Å². The van der Waals surface area contributed by atoms with E-state index in [1.165, 1.54) is 6.07 Å². The van der Waals surface area contributed by atoms with E-state index in [1.54, 1.807) is 12.1 Å². The lowest BCUT2D eigenvalue weighted by Gasteiger charge is -2.22.